The molecular formula is C14H16N4S. The van der Waals surface area contributed by atoms with Gasteiger partial charge in [-0.1, -0.05) is 41.2 Å². The number of aromatic nitrogens is 3. The van der Waals surface area contributed by atoms with Crippen molar-refractivity contribution in [2.24, 2.45) is 5.73 Å². The summed E-state index contributed by atoms with van der Waals surface area (Å²) in [6.07, 6.45) is 3.87. The van der Waals surface area contributed by atoms with Gasteiger partial charge in [-0.3, -0.25) is 0 Å². The molecule has 19 heavy (non-hydrogen) atoms. The second-order valence-electron chi connectivity index (χ2n) is 4.64. The quantitative estimate of drug-likeness (QED) is 0.793. The summed E-state index contributed by atoms with van der Waals surface area (Å²) in [6.45, 7) is 2.57. The molecule has 0 saturated heterocycles. The van der Waals surface area contributed by atoms with E-state index < -0.39 is 0 Å². The van der Waals surface area contributed by atoms with E-state index in [1.54, 1.807) is 11.3 Å². The predicted molar refractivity (Wildman–Crippen MR) is 77.3 cm³/mol. The van der Waals surface area contributed by atoms with E-state index in [2.05, 4.69) is 41.3 Å². The van der Waals surface area contributed by atoms with Crippen molar-refractivity contribution in [1.29, 1.82) is 0 Å². The van der Waals surface area contributed by atoms with Gasteiger partial charge in [-0.2, -0.15) is 5.10 Å². The Bertz CT molecular complexity index is 650. The molecule has 0 aliphatic rings. The number of hydrogen-bond acceptors (Lipinski definition) is 4. The van der Waals surface area contributed by atoms with Crippen LogP contribution in [0.4, 0.5) is 0 Å². The molecule has 0 bridgehead atoms. The first-order chi connectivity index (χ1) is 9.24. The molecule has 2 heterocycles. The molecule has 0 amide bonds. The van der Waals surface area contributed by atoms with Gasteiger partial charge >= 0.3 is 0 Å². The average molecular weight is 272 g/mol. The lowest BCUT2D eigenvalue weighted by Crippen LogP contribution is -1.96. The van der Waals surface area contributed by atoms with E-state index in [1.807, 2.05) is 10.7 Å². The Morgan fingerprint density at radius 2 is 2.00 bits per heavy atom. The summed E-state index contributed by atoms with van der Waals surface area (Å²) in [5, 5.41) is 5.65. The summed E-state index contributed by atoms with van der Waals surface area (Å²) in [5.74, 6) is 0. The standard InChI is InChI=1S/C14H16N4S/c1-10-2-4-11(5-3-10)6-7-13-17-18-9-12(8-15)16-14(18)19-13/h2-5,9H,6-8,15H2,1H3. The third kappa shape index (κ3) is 2.67. The molecule has 0 atom stereocenters. The molecule has 0 saturated carbocycles. The first-order valence-corrected chi connectivity index (χ1v) is 7.16. The molecule has 1 aromatic carbocycles. The molecule has 2 N–H and O–H groups in total. The van der Waals surface area contributed by atoms with Gasteiger partial charge in [0.15, 0.2) is 0 Å². The molecular weight excluding hydrogens is 256 g/mol. The molecule has 3 aromatic rings. The van der Waals surface area contributed by atoms with Crippen LogP contribution in [0.15, 0.2) is 30.5 Å². The summed E-state index contributed by atoms with van der Waals surface area (Å²) in [7, 11) is 0. The molecule has 0 spiro atoms. The van der Waals surface area contributed by atoms with Gasteiger partial charge in [-0.15, -0.1) is 0 Å². The number of aryl methyl sites for hydroxylation is 3. The minimum absolute atomic E-state index is 0.467. The van der Waals surface area contributed by atoms with Gasteiger partial charge < -0.3 is 5.73 Å². The number of rotatable bonds is 4. The highest BCUT2D eigenvalue weighted by Gasteiger charge is 2.07. The first-order valence-electron chi connectivity index (χ1n) is 6.34. The van der Waals surface area contributed by atoms with Crippen molar-refractivity contribution in [2.75, 3.05) is 0 Å². The van der Waals surface area contributed by atoms with E-state index >= 15 is 0 Å². The molecule has 0 unspecified atom stereocenters. The number of fused-ring (bicyclic) bond motifs is 1. The average Bonchev–Trinajstić information content (AvgIpc) is 2.95. The zero-order valence-electron chi connectivity index (χ0n) is 10.8. The number of hydrogen-bond donors (Lipinski definition) is 1. The van der Waals surface area contributed by atoms with E-state index in [4.69, 9.17) is 5.73 Å². The second kappa shape index (κ2) is 5.11. The lowest BCUT2D eigenvalue weighted by molar-refractivity contribution is 0.862. The fraction of sp³-hybridized carbons (Fsp3) is 0.286. The zero-order valence-corrected chi connectivity index (χ0v) is 11.7. The van der Waals surface area contributed by atoms with Gasteiger partial charge in [0, 0.05) is 13.0 Å². The number of nitrogens with zero attached hydrogens (tertiary/aromatic N) is 3. The minimum Gasteiger partial charge on any atom is -0.325 e. The summed E-state index contributed by atoms with van der Waals surface area (Å²) in [6, 6.07) is 8.66. The van der Waals surface area contributed by atoms with E-state index in [0.29, 0.717) is 6.54 Å². The molecule has 2 aromatic heterocycles. The largest absolute Gasteiger partial charge is 0.325 e. The van der Waals surface area contributed by atoms with Crippen LogP contribution in [0.1, 0.15) is 21.8 Å². The van der Waals surface area contributed by atoms with Crippen LogP contribution in [0, 0.1) is 6.92 Å². The Morgan fingerprint density at radius 1 is 1.21 bits per heavy atom. The Morgan fingerprint density at radius 3 is 2.68 bits per heavy atom. The van der Waals surface area contributed by atoms with Crippen LogP contribution in [0.25, 0.3) is 4.96 Å². The van der Waals surface area contributed by atoms with Gasteiger partial charge in [-0.05, 0) is 18.9 Å². The molecule has 5 heteroatoms. The molecule has 0 radical (unpaired) electrons. The van der Waals surface area contributed by atoms with Crippen molar-refractivity contribution in [2.45, 2.75) is 26.3 Å². The third-order valence-electron chi connectivity index (χ3n) is 3.09. The summed E-state index contributed by atoms with van der Waals surface area (Å²) >= 11 is 1.64. The Labute approximate surface area is 115 Å². The smallest absolute Gasteiger partial charge is 0.212 e. The van der Waals surface area contributed by atoms with Crippen molar-refractivity contribution in [3.05, 3.63) is 52.3 Å². The number of benzene rings is 1. The molecule has 0 aliphatic carbocycles. The van der Waals surface area contributed by atoms with Crippen LogP contribution in [0.2, 0.25) is 0 Å². The number of nitrogens with two attached hydrogens (primary N) is 1. The lowest BCUT2D eigenvalue weighted by atomic mass is 10.1. The van der Waals surface area contributed by atoms with Crippen LogP contribution < -0.4 is 5.73 Å². The van der Waals surface area contributed by atoms with Crippen molar-refractivity contribution >= 4 is 16.3 Å². The van der Waals surface area contributed by atoms with Crippen molar-refractivity contribution in [1.82, 2.24) is 14.6 Å². The van der Waals surface area contributed by atoms with E-state index in [0.717, 1.165) is 28.5 Å². The van der Waals surface area contributed by atoms with Crippen molar-refractivity contribution < 1.29 is 0 Å². The summed E-state index contributed by atoms with van der Waals surface area (Å²) in [5.41, 5.74) is 9.10. The van der Waals surface area contributed by atoms with Crippen LogP contribution >= 0.6 is 11.3 Å². The molecule has 98 valence electrons. The van der Waals surface area contributed by atoms with Crippen molar-refractivity contribution in [3.8, 4) is 0 Å². The Hall–Kier alpha value is -1.72. The van der Waals surface area contributed by atoms with Crippen LogP contribution in [-0.2, 0) is 19.4 Å². The maximum absolute atomic E-state index is 5.56. The van der Waals surface area contributed by atoms with Crippen molar-refractivity contribution in [3.63, 3.8) is 0 Å². The SMILES string of the molecule is Cc1ccc(CCc2nn3cc(CN)nc3s2)cc1. The Balaban J connectivity index is 1.71. The van der Waals surface area contributed by atoms with Gasteiger partial charge in [0.25, 0.3) is 0 Å². The topological polar surface area (TPSA) is 56.2 Å². The van der Waals surface area contributed by atoms with Crippen LogP contribution in [0.5, 0.6) is 0 Å². The van der Waals surface area contributed by atoms with Gasteiger partial charge in [0.05, 0.1) is 11.9 Å². The van der Waals surface area contributed by atoms with Gasteiger partial charge in [-0.25, -0.2) is 9.50 Å². The van der Waals surface area contributed by atoms with Gasteiger partial charge in [0.1, 0.15) is 5.01 Å². The highest BCUT2D eigenvalue weighted by Crippen LogP contribution is 2.16. The van der Waals surface area contributed by atoms with Crippen LogP contribution in [-0.4, -0.2) is 14.6 Å². The highest BCUT2D eigenvalue weighted by atomic mass is 32.1. The van der Waals surface area contributed by atoms with Gasteiger partial charge in [0.2, 0.25) is 4.96 Å². The Kier molecular flexibility index (Phi) is 3.31. The normalized spacial score (nSPS) is 11.3. The third-order valence-corrected chi connectivity index (χ3v) is 4.07. The van der Waals surface area contributed by atoms with E-state index in [1.165, 1.54) is 11.1 Å². The summed E-state index contributed by atoms with van der Waals surface area (Å²) < 4.78 is 1.83. The second-order valence-corrected chi connectivity index (χ2v) is 5.69. The number of imidazole rings is 1. The molecule has 3 rings (SSSR count). The first kappa shape index (κ1) is 12.3. The lowest BCUT2D eigenvalue weighted by Gasteiger charge is -1.99. The van der Waals surface area contributed by atoms with E-state index in [9.17, 15) is 0 Å². The zero-order chi connectivity index (χ0) is 13.2. The molecule has 4 nitrogen and oxygen atoms in total. The maximum Gasteiger partial charge on any atom is 0.212 e. The maximum atomic E-state index is 5.56. The predicted octanol–water partition coefficient (Wildman–Crippen LogP) is 2.34. The molecule has 0 fully saturated rings. The summed E-state index contributed by atoms with van der Waals surface area (Å²) in [4.78, 5) is 5.34. The monoisotopic (exact) mass is 272 g/mol. The minimum atomic E-state index is 0.467. The fourth-order valence-electron chi connectivity index (χ4n) is 1.99. The van der Waals surface area contributed by atoms with E-state index in [-0.39, 0.29) is 0 Å². The molecule has 0 aliphatic heterocycles. The highest BCUT2D eigenvalue weighted by molar-refractivity contribution is 7.16. The fourth-order valence-corrected chi connectivity index (χ4v) is 2.89. The van der Waals surface area contributed by atoms with Crippen LogP contribution in [0.3, 0.4) is 0 Å².